The maximum Gasteiger partial charge on any atom is 0.317 e. The summed E-state index contributed by atoms with van der Waals surface area (Å²) in [7, 11) is 0. The van der Waals surface area contributed by atoms with E-state index in [1.807, 2.05) is 0 Å². The summed E-state index contributed by atoms with van der Waals surface area (Å²) in [4.78, 5) is 11.4. The van der Waals surface area contributed by atoms with Gasteiger partial charge in [0.1, 0.15) is 17.0 Å². The number of rotatable bonds is 6. The van der Waals surface area contributed by atoms with Crippen molar-refractivity contribution in [1.82, 2.24) is 0 Å². The summed E-state index contributed by atoms with van der Waals surface area (Å²) in [5, 5.41) is 9.28. The first-order valence-electron chi connectivity index (χ1n) is 5.44. The van der Waals surface area contributed by atoms with Crippen LogP contribution in [0.3, 0.4) is 0 Å². The first-order valence-corrected chi connectivity index (χ1v) is 5.44. The van der Waals surface area contributed by atoms with Crippen molar-refractivity contribution >= 4 is 5.97 Å². The third-order valence-electron chi connectivity index (χ3n) is 2.73. The van der Waals surface area contributed by atoms with Crippen LogP contribution >= 0.6 is 0 Å². The second-order valence-corrected chi connectivity index (χ2v) is 3.89. The van der Waals surface area contributed by atoms with Gasteiger partial charge in [0.2, 0.25) is 0 Å². The van der Waals surface area contributed by atoms with Crippen LogP contribution in [-0.2, 0) is 14.9 Å². The van der Waals surface area contributed by atoms with Gasteiger partial charge in [-0.15, -0.1) is 0 Å². The summed E-state index contributed by atoms with van der Waals surface area (Å²) in [6.07, 6.45) is 0. The van der Waals surface area contributed by atoms with E-state index in [2.05, 4.69) is 0 Å². The Balaban J connectivity index is 3.27. The molecule has 0 aliphatic carbocycles. The largest absolute Gasteiger partial charge is 0.480 e. The molecule has 6 heteroatoms. The summed E-state index contributed by atoms with van der Waals surface area (Å²) < 4.78 is 31.4. The van der Waals surface area contributed by atoms with E-state index in [1.165, 1.54) is 0 Å². The Bertz CT molecular complexity index is 419. The van der Waals surface area contributed by atoms with Crippen LogP contribution in [0.1, 0.15) is 12.5 Å². The monoisotopic (exact) mass is 259 g/mol. The number of carboxylic acid groups (broad SMARTS) is 1. The number of carboxylic acids is 1. The van der Waals surface area contributed by atoms with Crippen LogP contribution in [0, 0.1) is 11.6 Å². The van der Waals surface area contributed by atoms with Gasteiger partial charge in [-0.05, 0) is 24.6 Å². The lowest BCUT2D eigenvalue weighted by molar-refractivity contribution is -0.146. The molecule has 3 N–H and O–H groups in total. The third kappa shape index (κ3) is 2.83. The zero-order valence-electron chi connectivity index (χ0n) is 9.95. The average molecular weight is 259 g/mol. The van der Waals surface area contributed by atoms with Crippen molar-refractivity contribution in [2.24, 2.45) is 5.73 Å². The van der Waals surface area contributed by atoms with Gasteiger partial charge >= 0.3 is 5.97 Å². The molecule has 1 aromatic rings. The van der Waals surface area contributed by atoms with E-state index in [9.17, 15) is 18.7 Å². The predicted octanol–water partition coefficient (Wildman–Crippen LogP) is 1.28. The zero-order chi connectivity index (χ0) is 13.8. The van der Waals surface area contributed by atoms with E-state index >= 15 is 0 Å². The quantitative estimate of drug-likeness (QED) is 0.807. The lowest BCUT2D eigenvalue weighted by Gasteiger charge is -2.28. The Kier molecular flexibility index (Phi) is 4.75. The van der Waals surface area contributed by atoms with E-state index in [4.69, 9.17) is 10.5 Å². The molecule has 0 aliphatic heterocycles. The zero-order valence-corrected chi connectivity index (χ0v) is 9.95. The lowest BCUT2D eigenvalue weighted by atomic mass is 9.81. The Hall–Kier alpha value is -1.53. The van der Waals surface area contributed by atoms with Gasteiger partial charge in [-0.3, -0.25) is 4.79 Å². The molecule has 0 amide bonds. The van der Waals surface area contributed by atoms with Crippen molar-refractivity contribution in [2.45, 2.75) is 12.3 Å². The van der Waals surface area contributed by atoms with Crippen molar-refractivity contribution in [1.29, 1.82) is 0 Å². The molecule has 18 heavy (non-hydrogen) atoms. The summed E-state index contributed by atoms with van der Waals surface area (Å²) in [5.74, 6) is -2.97. The molecule has 0 bridgehead atoms. The highest BCUT2D eigenvalue weighted by Gasteiger charge is 2.40. The second kappa shape index (κ2) is 5.88. The Morgan fingerprint density at radius 3 is 2.33 bits per heavy atom. The van der Waals surface area contributed by atoms with Crippen molar-refractivity contribution in [3.8, 4) is 0 Å². The Labute approximate surface area is 103 Å². The molecule has 0 fully saturated rings. The molecule has 100 valence electrons. The first kappa shape index (κ1) is 14.5. The predicted molar refractivity (Wildman–Crippen MR) is 61.2 cm³/mol. The minimum atomic E-state index is -1.64. The van der Waals surface area contributed by atoms with E-state index < -0.39 is 23.0 Å². The number of halogens is 2. The molecule has 4 nitrogen and oxygen atoms in total. The van der Waals surface area contributed by atoms with E-state index in [-0.39, 0.29) is 25.3 Å². The molecule has 0 saturated carbocycles. The van der Waals surface area contributed by atoms with Gasteiger partial charge in [0.25, 0.3) is 0 Å². The maximum atomic E-state index is 13.2. The van der Waals surface area contributed by atoms with Crippen molar-refractivity contribution in [3.05, 3.63) is 35.4 Å². The molecule has 0 aromatic heterocycles. The average Bonchev–Trinajstić information content (AvgIpc) is 2.29. The van der Waals surface area contributed by atoms with Crippen LogP contribution in [0.15, 0.2) is 18.2 Å². The smallest absolute Gasteiger partial charge is 0.317 e. The summed E-state index contributed by atoms with van der Waals surface area (Å²) >= 11 is 0. The Morgan fingerprint density at radius 1 is 1.39 bits per heavy atom. The number of carbonyl (C=O) groups is 1. The SMILES string of the molecule is CCOCC(CN)(C(=O)O)c1cc(F)cc(F)c1. The van der Waals surface area contributed by atoms with Gasteiger partial charge in [-0.25, -0.2) is 8.78 Å². The molecule has 1 unspecified atom stereocenters. The second-order valence-electron chi connectivity index (χ2n) is 3.89. The molecular formula is C12H15F2NO3. The Morgan fingerprint density at radius 2 is 1.94 bits per heavy atom. The van der Waals surface area contributed by atoms with Gasteiger partial charge in [-0.2, -0.15) is 0 Å². The van der Waals surface area contributed by atoms with Crippen molar-refractivity contribution in [2.75, 3.05) is 19.8 Å². The first-order chi connectivity index (χ1) is 8.46. The molecule has 1 atom stereocenters. The highest BCUT2D eigenvalue weighted by atomic mass is 19.1. The molecule has 0 radical (unpaired) electrons. The topological polar surface area (TPSA) is 72.5 Å². The number of hydrogen-bond donors (Lipinski definition) is 2. The van der Waals surface area contributed by atoms with Gasteiger partial charge in [0, 0.05) is 19.2 Å². The highest BCUT2D eigenvalue weighted by molar-refractivity contribution is 5.82. The van der Waals surface area contributed by atoms with E-state index in [0.29, 0.717) is 6.07 Å². The number of hydrogen-bond acceptors (Lipinski definition) is 3. The number of ether oxygens (including phenoxy) is 1. The van der Waals surface area contributed by atoms with Crippen LogP contribution in [0.2, 0.25) is 0 Å². The molecule has 0 saturated heterocycles. The number of aliphatic carboxylic acids is 1. The minimum Gasteiger partial charge on any atom is -0.480 e. The van der Waals surface area contributed by atoms with Gasteiger partial charge in [-0.1, -0.05) is 0 Å². The molecule has 1 aromatic carbocycles. The molecule has 0 heterocycles. The van der Waals surface area contributed by atoms with Crippen LogP contribution in [0.5, 0.6) is 0 Å². The van der Waals surface area contributed by atoms with E-state index in [0.717, 1.165) is 12.1 Å². The minimum absolute atomic E-state index is 0.0385. The standard InChI is InChI=1S/C12H15F2NO3/c1-2-18-7-12(6-15,11(16)17)8-3-9(13)5-10(14)4-8/h3-5H,2,6-7,15H2,1H3,(H,16,17). The summed E-state index contributed by atoms with van der Waals surface area (Å²) in [5.41, 5.74) is 3.80. The third-order valence-corrected chi connectivity index (χ3v) is 2.73. The van der Waals surface area contributed by atoms with Crippen LogP contribution in [-0.4, -0.2) is 30.8 Å². The summed E-state index contributed by atoms with van der Waals surface area (Å²) in [6.45, 7) is 1.42. The van der Waals surface area contributed by atoms with Gasteiger partial charge < -0.3 is 15.6 Å². The number of nitrogens with two attached hydrogens (primary N) is 1. The molecule has 0 aliphatic rings. The van der Waals surface area contributed by atoms with Gasteiger partial charge in [0.05, 0.1) is 6.61 Å². The highest BCUT2D eigenvalue weighted by Crippen LogP contribution is 2.26. The van der Waals surface area contributed by atoms with Crippen molar-refractivity contribution < 1.29 is 23.4 Å². The fraction of sp³-hybridized carbons (Fsp3) is 0.417. The van der Waals surface area contributed by atoms with Crippen LogP contribution in [0.25, 0.3) is 0 Å². The van der Waals surface area contributed by atoms with Crippen LogP contribution in [0.4, 0.5) is 8.78 Å². The maximum absolute atomic E-state index is 13.2. The fourth-order valence-electron chi connectivity index (χ4n) is 1.64. The lowest BCUT2D eigenvalue weighted by Crippen LogP contribution is -2.47. The number of benzene rings is 1. The van der Waals surface area contributed by atoms with E-state index in [1.54, 1.807) is 6.92 Å². The molecule has 0 spiro atoms. The summed E-state index contributed by atoms with van der Waals surface area (Å²) in [6, 6.07) is 2.60. The molecule has 1 rings (SSSR count). The van der Waals surface area contributed by atoms with Crippen molar-refractivity contribution in [3.63, 3.8) is 0 Å². The van der Waals surface area contributed by atoms with Gasteiger partial charge in [0.15, 0.2) is 0 Å². The normalized spacial score (nSPS) is 14.2. The fourth-order valence-corrected chi connectivity index (χ4v) is 1.64. The molecular weight excluding hydrogens is 244 g/mol. The van der Waals surface area contributed by atoms with Crippen LogP contribution < -0.4 is 5.73 Å².